The molecular weight excluding hydrogens is 501 g/mol. The Morgan fingerprint density at radius 3 is 2.35 bits per heavy atom. The maximum absolute atomic E-state index is 13.3. The smallest absolute Gasteiger partial charge is 0.269 e. The van der Waals surface area contributed by atoms with Crippen LogP contribution < -0.4 is 5.32 Å². The third-order valence-corrected chi connectivity index (χ3v) is 8.10. The van der Waals surface area contributed by atoms with Gasteiger partial charge in [0.2, 0.25) is 11.8 Å². The van der Waals surface area contributed by atoms with Crippen LogP contribution in [0.1, 0.15) is 42.6 Å². The van der Waals surface area contributed by atoms with Gasteiger partial charge in [0.1, 0.15) is 10.9 Å². The van der Waals surface area contributed by atoms with Gasteiger partial charge in [-0.15, -0.1) is 0 Å². The van der Waals surface area contributed by atoms with Crippen molar-refractivity contribution >= 4 is 50.9 Å². The quantitative estimate of drug-likeness (QED) is 0.539. The van der Waals surface area contributed by atoms with Crippen LogP contribution in [0.4, 0.5) is 0 Å². The third-order valence-electron chi connectivity index (χ3n) is 5.55. The summed E-state index contributed by atoms with van der Waals surface area (Å²) in [5.41, 5.74) is 0.536. The lowest BCUT2D eigenvalue weighted by Gasteiger charge is -2.30. The average molecular weight is 526 g/mol. The number of rotatable bonds is 9. The largest absolute Gasteiger partial charge is 0.354 e. The highest BCUT2D eigenvalue weighted by Gasteiger charge is 2.41. The van der Waals surface area contributed by atoms with Gasteiger partial charge in [-0.2, -0.15) is 0 Å². The summed E-state index contributed by atoms with van der Waals surface area (Å²) in [5, 5.41) is 3.42. The van der Waals surface area contributed by atoms with E-state index in [1.165, 1.54) is 23.1 Å². The van der Waals surface area contributed by atoms with E-state index >= 15 is 0 Å². The van der Waals surface area contributed by atoms with Gasteiger partial charge in [0.15, 0.2) is 0 Å². The first-order valence-corrected chi connectivity index (χ1v) is 12.9. The van der Waals surface area contributed by atoms with Gasteiger partial charge in [-0.3, -0.25) is 14.4 Å². The molecule has 3 amide bonds. The van der Waals surface area contributed by atoms with Crippen molar-refractivity contribution in [1.29, 1.82) is 0 Å². The predicted octanol–water partition coefficient (Wildman–Crippen LogP) is 3.47. The molecule has 0 radical (unpaired) electrons. The molecule has 182 valence electrons. The normalized spacial score (nSPS) is 15.1. The van der Waals surface area contributed by atoms with Gasteiger partial charge in [-0.25, -0.2) is 12.7 Å². The van der Waals surface area contributed by atoms with E-state index in [4.69, 9.17) is 23.2 Å². The van der Waals surface area contributed by atoms with Gasteiger partial charge in [0.25, 0.3) is 15.9 Å². The van der Waals surface area contributed by atoms with Gasteiger partial charge < -0.3 is 10.2 Å². The highest BCUT2D eigenvalue weighted by atomic mass is 35.5. The Morgan fingerprint density at radius 2 is 1.74 bits per heavy atom. The summed E-state index contributed by atoms with van der Waals surface area (Å²) in [4.78, 5) is 39.8. The zero-order valence-corrected chi connectivity index (χ0v) is 21.1. The SMILES string of the molecule is CCCNC(=O)[C@@H](C)N(Cc1c(Cl)cccc1Cl)C(=O)CCN1C(=O)c2ccccc2S1(=O)=O. The van der Waals surface area contributed by atoms with Crippen LogP contribution in [-0.4, -0.2) is 54.5 Å². The molecule has 1 N–H and O–H groups in total. The fourth-order valence-electron chi connectivity index (χ4n) is 3.63. The van der Waals surface area contributed by atoms with Crippen LogP contribution in [0.25, 0.3) is 0 Å². The van der Waals surface area contributed by atoms with E-state index in [1.807, 2.05) is 6.92 Å². The molecule has 2 aromatic rings. The van der Waals surface area contributed by atoms with Crippen molar-refractivity contribution < 1.29 is 22.8 Å². The number of hydrogen-bond donors (Lipinski definition) is 1. The van der Waals surface area contributed by atoms with E-state index in [0.29, 0.717) is 26.5 Å². The number of carbonyl (C=O) groups is 3. The van der Waals surface area contributed by atoms with Gasteiger partial charge in [-0.1, -0.05) is 48.3 Å². The number of benzene rings is 2. The van der Waals surface area contributed by atoms with Crippen molar-refractivity contribution in [3.63, 3.8) is 0 Å². The number of nitrogens with one attached hydrogen (secondary N) is 1. The predicted molar refractivity (Wildman–Crippen MR) is 129 cm³/mol. The molecule has 0 unspecified atom stereocenters. The maximum atomic E-state index is 13.3. The standard InChI is InChI=1S/C23H25Cl2N3O5S/c1-3-12-26-22(30)15(2)27(14-17-18(24)8-6-9-19(17)25)21(29)11-13-28-23(31)16-7-4-5-10-20(16)34(28,32)33/h4-10,15H,3,11-14H2,1-2H3,(H,26,30)/t15-/m1/s1. The van der Waals surface area contributed by atoms with Crippen molar-refractivity contribution in [3.05, 3.63) is 63.6 Å². The molecular formula is C23H25Cl2N3O5S. The lowest BCUT2D eigenvalue weighted by Crippen LogP contribution is -2.48. The third kappa shape index (κ3) is 5.21. The van der Waals surface area contributed by atoms with Crippen LogP contribution >= 0.6 is 23.2 Å². The summed E-state index contributed by atoms with van der Waals surface area (Å²) in [6.07, 6.45) is 0.407. The fourth-order valence-corrected chi connectivity index (χ4v) is 5.71. The molecule has 8 nitrogen and oxygen atoms in total. The molecule has 2 aromatic carbocycles. The molecule has 0 aromatic heterocycles. The van der Waals surface area contributed by atoms with E-state index in [-0.39, 0.29) is 35.9 Å². The van der Waals surface area contributed by atoms with Gasteiger partial charge >= 0.3 is 0 Å². The maximum Gasteiger partial charge on any atom is 0.269 e. The summed E-state index contributed by atoms with van der Waals surface area (Å²) in [6, 6.07) is 9.93. The Balaban J connectivity index is 1.83. The molecule has 1 aliphatic heterocycles. The molecule has 0 saturated carbocycles. The van der Waals surface area contributed by atoms with Crippen LogP contribution in [0, 0.1) is 0 Å². The van der Waals surface area contributed by atoms with Gasteiger partial charge in [0, 0.05) is 41.7 Å². The van der Waals surface area contributed by atoms with Crippen molar-refractivity contribution in [2.24, 2.45) is 0 Å². The zero-order valence-electron chi connectivity index (χ0n) is 18.8. The molecule has 1 aliphatic rings. The molecule has 0 fully saturated rings. The van der Waals surface area contributed by atoms with E-state index in [9.17, 15) is 22.8 Å². The highest BCUT2D eigenvalue weighted by Crippen LogP contribution is 2.30. The number of halogens is 2. The van der Waals surface area contributed by atoms with Gasteiger partial charge in [-0.05, 0) is 37.6 Å². The van der Waals surface area contributed by atoms with Crippen LogP contribution in [0.2, 0.25) is 10.0 Å². The van der Waals surface area contributed by atoms with Crippen molar-refractivity contribution in [1.82, 2.24) is 14.5 Å². The van der Waals surface area contributed by atoms with Crippen molar-refractivity contribution in [2.75, 3.05) is 13.1 Å². The average Bonchev–Trinajstić information content (AvgIpc) is 3.00. The molecule has 0 bridgehead atoms. The number of carbonyl (C=O) groups excluding carboxylic acids is 3. The van der Waals surface area contributed by atoms with Gasteiger partial charge in [0.05, 0.1) is 5.56 Å². The first-order chi connectivity index (χ1) is 16.1. The second-order valence-electron chi connectivity index (χ2n) is 7.82. The monoisotopic (exact) mass is 525 g/mol. The summed E-state index contributed by atoms with van der Waals surface area (Å²) < 4.78 is 26.3. The number of fused-ring (bicyclic) bond motifs is 1. The Kier molecular flexibility index (Phi) is 8.22. The summed E-state index contributed by atoms with van der Waals surface area (Å²) in [6.45, 7) is 3.50. The molecule has 11 heteroatoms. The van der Waals surface area contributed by atoms with Crippen LogP contribution in [0.3, 0.4) is 0 Å². The van der Waals surface area contributed by atoms with Crippen molar-refractivity contribution in [3.8, 4) is 0 Å². The molecule has 0 aliphatic carbocycles. The molecule has 0 saturated heterocycles. The topological polar surface area (TPSA) is 104 Å². The number of sulfonamides is 1. The Bertz CT molecular complexity index is 1200. The van der Waals surface area contributed by atoms with Crippen LogP contribution in [0.5, 0.6) is 0 Å². The van der Waals surface area contributed by atoms with Crippen LogP contribution in [0.15, 0.2) is 47.4 Å². The molecule has 1 atom stereocenters. The fraction of sp³-hybridized carbons (Fsp3) is 0.348. The summed E-state index contributed by atoms with van der Waals surface area (Å²) in [7, 11) is -4.05. The molecule has 34 heavy (non-hydrogen) atoms. The van der Waals surface area contributed by atoms with E-state index in [1.54, 1.807) is 31.2 Å². The summed E-state index contributed by atoms with van der Waals surface area (Å²) in [5.74, 6) is -1.57. The van der Waals surface area contributed by atoms with E-state index in [0.717, 1.165) is 6.42 Å². The molecule has 1 heterocycles. The first-order valence-electron chi connectivity index (χ1n) is 10.8. The minimum Gasteiger partial charge on any atom is -0.354 e. The second-order valence-corrected chi connectivity index (χ2v) is 10.5. The highest BCUT2D eigenvalue weighted by molar-refractivity contribution is 7.90. The Morgan fingerprint density at radius 1 is 1.09 bits per heavy atom. The lowest BCUT2D eigenvalue weighted by molar-refractivity contribution is -0.140. The summed E-state index contributed by atoms with van der Waals surface area (Å²) >= 11 is 12.6. The minimum absolute atomic E-state index is 0.0566. The minimum atomic E-state index is -4.05. The number of amides is 3. The zero-order chi connectivity index (χ0) is 25.0. The Labute approximate surface area is 208 Å². The van der Waals surface area contributed by atoms with E-state index in [2.05, 4.69) is 5.32 Å². The van der Waals surface area contributed by atoms with Crippen LogP contribution in [-0.2, 0) is 26.2 Å². The number of hydrogen-bond acceptors (Lipinski definition) is 5. The number of nitrogens with zero attached hydrogens (tertiary/aromatic N) is 2. The van der Waals surface area contributed by atoms with E-state index < -0.39 is 27.9 Å². The Hall–Kier alpha value is -2.62. The van der Waals surface area contributed by atoms with Crippen molar-refractivity contribution in [2.45, 2.75) is 44.2 Å². The lowest BCUT2D eigenvalue weighted by atomic mass is 10.1. The second kappa shape index (κ2) is 10.8. The molecule has 3 rings (SSSR count). The first kappa shape index (κ1) is 26.0. The molecule has 0 spiro atoms.